The van der Waals surface area contributed by atoms with Gasteiger partial charge in [-0.2, -0.15) is 0 Å². The molecule has 29 heavy (non-hydrogen) atoms. The van der Waals surface area contributed by atoms with Gasteiger partial charge in [0.25, 0.3) is 5.91 Å². The molecule has 1 N–H and O–H groups in total. The average molecular weight is 385 g/mol. The summed E-state index contributed by atoms with van der Waals surface area (Å²) >= 11 is 0. The highest BCUT2D eigenvalue weighted by Crippen LogP contribution is 2.39. The minimum atomic E-state index is -0.898. The van der Waals surface area contributed by atoms with Crippen LogP contribution in [0.15, 0.2) is 72.8 Å². The number of rotatable bonds is 6. The first-order valence-electron chi connectivity index (χ1n) is 9.44. The van der Waals surface area contributed by atoms with Gasteiger partial charge >= 0.3 is 5.97 Å². The summed E-state index contributed by atoms with van der Waals surface area (Å²) in [5, 5.41) is 8.98. The maximum Gasteiger partial charge on any atom is 0.303 e. The van der Waals surface area contributed by atoms with E-state index in [0.717, 1.165) is 5.56 Å². The molecule has 0 atom stereocenters. The largest absolute Gasteiger partial charge is 0.481 e. The maximum absolute atomic E-state index is 13.6. The van der Waals surface area contributed by atoms with Crippen molar-refractivity contribution in [2.75, 3.05) is 11.4 Å². The molecule has 1 aliphatic carbocycles. The molecular formula is C24H19NO4. The molecule has 3 aromatic carbocycles. The first-order valence-corrected chi connectivity index (χ1v) is 9.44. The molecule has 5 heteroatoms. The van der Waals surface area contributed by atoms with E-state index in [-0.39, 0.29) is 24.7 Å². The smallest absolute Gasteiger partial charge is 0.303 e. The molecule has 0 aromatic heterocycles. The van der Waals surface area contributed by atoms with Crippen LogP contribution in [0.4, 0.5) is 5.69 Å². The van der Waals surface area contributed by atoms with Crippen LogP contribution in [-0.4, -0.2) is 29.3 Å². The van der Waals surface area contributed by atoms with Gasteiger partial charge in [-0.3, -0.25) is 14.4 Å². The summed E-state index contributed by atoms with van der Waals surface area (Å²) < 4.78 is 0. The van der Waals surface area contributed by atoms with E-state index in [2.05, 4.69) is 0 Å². The minimum Gasteiger partial charge on any atom is -0.481 e. The van der Waals surface area contributed by atoms with E-state index in [1.807, 2.05) is 48.5 Å². The third-order valence-electron chi connectivity index (χ3n) is 5.07. The number of ketones is 1. The fourth-order valence-corrected chi connectivity index (χ4v) is 3.74. The van der Waals surface area contributed by atoms with Crippen molar-refractivity contribution in [3.63, 3.8) is 0 Å². The van der Waals surface area contributed by atoms with E-state index < -0.39 is 5.97 Å². The highest BCUT2D eigenvalue weighted by atomic mass is 16.4. The van der Waals surface area contributed by atoms with Crippen LogP contribution in [-0.2, 0) is 4.79 Å². The summed E-state index contributed by atoms with van der Waals surface area (Å²) in [6, 6.07) is 21.6. The van der Waals surface area contributed by atoms with E-state index in [9.17, 15) is 14.4 Å². The molecule has 0 bridgehead atoms. The zero-order chi connectivity index (χ0) is 20.4. The zero-order valence-corrected chi connectivity index (χ0v) is 15.7. The van der Waals surface area contributed by atoms with Gasteiger partial charge in [-0.15, -0.1) is 0 Å². The van der Waals surface area contributed by atoms with Crippen molar-refractivity contribution in [2.24, 2.45) is 0 Å². The van der Waals surface area contributed by atoms with Crippen molar-refractivity contribution >= 4 is 23.3 Å². The molecule has 0 spiro atoms. The van der Waals surface area contributed by atoms with E-state index in [1.54, 1.807) is 29.2 Å². The molecule has 1 aliphatic rings. The minimum absolute atomic E-state index is 0.0230. The third-order valence-corrected chi connectivity index (χ3v) is 5.07. The number of hydrogen-bond donors (Lipinski definition) is 1. The Morgan fingerprint density at radius 2 is 1.45 bits per heavy atom. The highest BCUT2D eigenvalue weighted by Gasteiger charge is 2.31. The predicted octanol–water partition coefficient (Wildman–Crippen LogP) is 4.41. The molecular weight excluding hydrogens is 366 g/mol. The van der Waals surface area contributed by atoms with Crippen LogP contribution >= 0.6 is 0 Å². The Morgan fingerprint density at radius 3 is 2.17 bits per heavy atom. The van der Waals surface area contributed by atoms with Crippen molar-refractivity contribution < 1.29 is 19.5 Å². The van der Waals surface area contributed by atoms with Gasteiger partial charge in [0.1, 0.15) is 0 Å². The van der Waals surface area contributed by atoms with Crippen molar-refractivity contribution in [1.29, 1.82) is 0 Å². The number of fused-ring (bicyclic) bond motifs is 3. The van der Waals surface area contributed by atoms with Crippen LogP contribution in [0.25, 0.3) is 11.1 Å². The van der Waals surface area contributed by atoms with E-state index in [0.29, 0.717) is 34.4 Å². The molecule has 144 valence electrons. The Kier molecular flexibility index (Phi) is 4.96. The van der Waals surface area contributed by atoms with Crippen LogP contribution in [0, 0.1) is 0 Å². The van der Waals surface area contributed by atoms with Crippen molar-refractivity contribution in [3.05, 3.63) is 89.5 Å². The Morgan fingerprint density at radius 1 is 0.793 bits per heavy atom. The van der Waals surface area contributed by atoms with E-state index in [1.165, 1.54) is 0 Å². The second-order valence-corrected chi connectivity index (χ2v) is 6.89. The van der Waals surface area contributed by atoms with Crippen LogP contribution in [0.1, 0.15) is 39.1 Å². The van der Waals surface area contributed by atoms with Gasteiger partial charge in [0.05, 0.1) is 0 Å². The molecule has 5 nitrogen and oxygen atoms in total. The average Bonchev–Trinajstić information content (AvgIpc) is 3.04. The Hall–Kier alpha value is -3.73. The molecule has 0 radical (unpaired) electrons. The summed E-state index contributed by atoms with van der Waals surface area (Å²) in [7, 11) is 0. The van der Waals surface area contributed by atoms with Crippen LogP contribution in [0.3, 0.4) is 0 Å². The normalized spacial score (nSPS) is 11.7. The SMILES string of the molecule is O=C(O)CCCN(C(=O)c1cccc2c1-c1ccccc1C2=O)c1ccccc1. The van der Waals surface area contributed by atoms with Crippen LogP contribution in [0.2, 0.25) is 0 Å². The van der Waals surface area contributed by atoms with Crippen molar-refractivity contribution in [2.45, 2.75) is 12.8 Å². The number of aliphatic carboxylic acids is 1. The number of carbonyl (C=O) groups excluding carboxylic acids is 2. The molecule has 0 saturated carbocycles. The number of nitrogens with zero attached hydrogens (tertiary/aromatic N) is 1. The molecule has 3 aromatic rings. The van der Waals surface area contributed by atoms with Crippen LogP contribution in [0.5, 0.6) is 0 Å². The van der Waals surface area contributed by atoms with Gasteiger partial charge in [-0.1, -0.05) is 54.6 Å². The molecule has 0 fully saturated rings. The van der Waals surface area contributed by atoms with Gasteiger partial charge in [0, 0.05) is 40.9 Å². The van der Waals surface area contributed by atoms with Crippen LogP contribution < -0.4 is 4.90 Å². The number of anilines is 1. The predicted molar refractivity (Wildman–Crippen MR) is 110 cm³/mol. The number of carbonyl (C=O) groups is 3. The number of carboxylic acids is 1. The summed E-state index contributed by atoms with van der Waals surface area (Å²) in [5.41, 5.74) is 3.67. The maximum atomic E-state index is 13.6. The lowest BCUT2D eigenvalue weighted by molar-refractivity contribution is -0.137. The second-order valence-electron chi connectivity index (χ2n) is 6.89. The Labute approximate surface area is 168 Å². The highest BCUT2D eigenvalue weighted by molar-refractivity contribution is 6.25. The van der Waals surface area contributed by atoms with Crippen molar-refractivity contribution in [1.82, 2.24) is 0 Å². The quantitative estimate of drug-likeness (QED) is 0.533. The lowest BCUT2D eigenvalue weighted by Crippen LogP contribution is -2.32. The van der Waals surface area contributed by atoms with Gasteiger partial charge in [-0.05, 0) is 30.2 Å². The Balaban J connectivity index is 1.77. The fraction of sp³-hybridized carbons (Fsp3) is 0.125. The van der Waals surface area contributed by atoms with E-state index >= 15 is 0 Å². The summed E-state index contributed by atoms with van der Waals surface area (Å²) in [4.78, 5) is 38.9. The molecule has 0 saturated heterocycles. The summed E-state index contributed by atoms with van der Waals surface area (Å²) in [6.45, 7) is 0.272. The number of para-hydroxylation sites is 1. The van der Waals surface area contributed by atoms with Crippen molar-refractivity contribution in [3.8, 4) is 11.1 Å². The van der Waals surface area contributed by atoms with Gasteiger partial charge in [0.15, 0.2) is 5.78 Å². The first kappa shape index (κ1) is 18.6. The number of carboxylic acid groups (broad SMARTS) is 1. The Bertz CT molecular complexity index is 1100. The lowest BCUT2D eigenvalue weighted by Gasteiger charge is -2.24. The molecule has 0 unspecified atom stereocenters. The van der Waals surface area contributed by atoms with Gasteiger partial charge in [0.2, 0.25) is 0 Å². The lowest BCUT2D eigenvalue weighted by atomic mass is 9.98. The fourth-order valence-electron chi connectivity index (χ4n) is 3.74. The topological polar surface area (TPSA) is 74.7 Å². The number of benzene rings is 3. The molecule has 0 aliphatic heterocycles. The summed E-state index contributed by atoms with van der Waals surface area (Å²) in [5.74, 6) is -1.23. The molecule has 0 heterocycles. The standard InChI is InChI=1S/C24H19NO4/c26-21(27)14-7-15-25(16-8-2-1-3-9-16)24(29)20-13-6-12-19-22(20)17-10-4-5-11-18(17)23(19)28/h1-6,8-13H,7,14-15H2,(H,26,27). The molecule has 4 rings (SSSR count). The first-order chi connectivity index (χ1) is 14.1. The monoisotopic (exact) mass is 385 g/mol. The number of amides is 1. The van der Waals surface area contributed by atoms with Gasteiger partial charge < -0.3 is 10.0 Å². The zero-order valence-electron chi connectivity index (χ0n) is 15.7. The number of hydrogen-bond acceptors (Lipinski definition) is 3. The van der Waals surface area contributed by atoms with E-state index in [4.69, 9.17) is 5.11 Å². The van der Waals surface area contributed by atoms with Gasteiger partial charge in [-0.25, -0.2) is 0 Å². The summed E-state index contributed by atoms with van der Waals surface area (Å²) in [6.07, 6.45) is 0.311. The third kappa shape index (κ3) is 3.43. The molecule has 1 amide bonds. The second kappa shape index (κ2) is 7.72.